The highest BCUT2D eigenvalue weighted by molar-refractivity contribution is 14.1. The van der Waals surface area contributed by atoms with Gasteiger partial charge in [-0.3, -0.25) is 0 Å². The van der Waals surface area contributed by atoms with Gasteiger partial charge in [-0.2, -0.15) is 0 Å². The molecule has 0 amide bonds. The lowest BCUT2D eigenvalue weighted by Crippen LogP contribution is -1.86. The Morgan fingerprint density at radius 2 is 1.93 bits per heavy atom. The third kappa shape index (κ3) is 2.74. The van der Waals surface area contributed by atoms with Crippen LogP contribution in [-0.2, 0) is 6.42 Å². The molecular formula is C9H6BrIN2S. The number of aromatic nitrogens is 2. The molecule has 0 aliphatic heterocycles. The van der Waals surface area contributed by atoms with E-state index < -0.39 is 0 Å². The van der Waals surface area contributed by atoms with Crippen molar-refractivity contribution in [3.8, 4) is 0 Å². The number of rotatable bonds is 2. The highest BCUT2D eigenvalue weighted by Crippen LogP contribution is 2.17. The van der Waals surface area contributed by atoms with Gasteiger partial charge >= 0.3 is 0 Å². The zero-order valence-electron chi connectivity index (χ0n) is 7.08. The second-order valence-corrected chi connectivity index (χ2v) is 6.48. The molecule has 1 heterocycles. The van der Waals surface area contributed by atoms with Crippen LogP contribution < -0.4 is 0 Å². The van der Waals surface area contributed by atoms with Crippen molar-refractivity contribution in [2.45, 2.75) is 6.42 Å². The summed E-state index contributed by atoms with van der Waals surface area (Å²) in [6.07, 6.45) is 0.869. The Balaban J connectivity index is 2.15. The molecule has 2 nitrogen and oxygen atoms in total. The van der Waals surface area contributed by atoms with Crippen molar-refractivity contribution in [2.75, 3.05) is 0 Å². The van der Waals surface area contributed by atoms with Crippen molar-refractivity contribution >= 4 is 49.9 Å². The van der Waals surface area contributed by atoms with Gasteiger partial charge in [0.05, 0.1) is 0 Å². The minimum absolute atomic E-state index is 0.869. The number of hydrogen-bond donors (Lipinski definition) is 0. The molecule has 1 aromatic carbocycles. The Hall–Kier alpha value is -0.0100. The topological polar surface area (TPSA) is 25.8 Å². The van der Waals surface area contributed by atoms with Crippen LogP contribution >= 0.6 is 49.9 Å². The summed E-state index contributed by atoms with van der Waals surface area (Å²) in [6.45, 7) is 0. The molecule has 0 saturated heterocycles. The van der Waals surface area contributed by atoms with Gasteiger partial charge in [-0.1, -0.05) is 39.4 Å². The highest BCUT2D eigenvalue weighted by atomic mass is 127. The summed E-state index contributed by atoms with van der Waals surface area (Å²) in [7, 11) is 0. The average Bonchev–Trinajstić information content (AvgIpc) is 2.56. The van der Waals surface area contributed by atoms with Crippen LogP contribution in [-0.4, -0.2) is 10.2 Å². The summed E-state index contributed by atoms with van der Waals surface area (Å²) < 4.78 is 2.10. The Bertz CT molecular complexity index is 427. The summed E-state index contributed by atoms with van der Waals surface area (Å²) in [6, 6.07) is 8.28. The van der Waals surface area contributed by atoms with Crippen LogP contribution in [0.3, 0.4) is 0 Å². The number of hydrogen-bond acceptors (Lipinski definition) is 3. The molecule has 0 bridgehead atoms. The van der Waals surface area contributed by atoms with Crippen LogP contribution in [0.15, 0.2) is 28.7 Å². The molecule has 0 aliphatic carbocycles. The molecule has 1 aromatic heterocycles. The second kappa shape index (κ2) is 4.67. The normalized spacial score (nSPS) is 10.4. The second-order valence-electron chi connectivity index (χ2n) is 2.75. The fourth-order valence-corrected chi connectivity index (χ4v) is 2.81. The third-order valence-corrected chi connectivity index (χ3v) is 3.83. The maximum Gasteiger partial charge on any atom is 0.178 e. The number of halogens is 2. The molecule has 2 aromatic rings. The first-order valence-electron chi connectivity index (χ1n) is 3.96. The average molecular weight is 381 g/mol. The van der Waals surface area contributed by atoms with Crippen molar-refractivity contribution in [2.24, 2.45) is 0 Å². The van der Waals surface area contributed by atoms with Crippen molar-refractivity contribution in [1.29, 1.82) is 0 Å². The smallest absolute Gasteiger partial charge is 0.142 e. The van der Waals surface area contributed by atoms with Gasteiger partial charge in [0, 0.05) is 10.9 Å². The van der Waals surface area contributed by atoms with Crippen LogP contribution in [0.25, 0.3) is 0 Å². The van der Waals surface area contributed by atoms with E-state index in [-0.39, 0.29) is 0 Å². The van der Waals surface area contributed by atoms with Gasteiger partial charge < -0.3 is 0 Å². The predicted molar refractivity (Wildman–Crippen MR) is 69.6 cm³/mol. The SMILES string of the molecule is Brc1ccc(Cc2nnc(I)s2)cc1. The Morgan fingerprint density at radius 3 is 2.50 bits per heavy atom. The lowest BCUT2D eigenvalue weighted by molar-refractivity contribution is 0.991. The van der Waals surface area contributed by atoms with E-state index in [0.717, 1.165) is 18.9 Å². The molecule has 0 spiro atoms. The molecule has 0 atom stereocenters. The zero-order chi connectivity index (χ0) is 9.97. The summed E-state index contributed by atoms with van der Waals surface area (Å²) >= 11 is 7.23. The molecule has 5 heteroatoms. The van der Waals surface area contributed by atoms with Crippen molar-refractivity contribution < 1.29 is 0 Å². The fraction of sp³-hybridized carbons (Fsp3) is 0.111. The van der Waals surface area contributed by atoms with E-state index in [1.165, 1.54) is 5.56 Å². The number of benzene rings is 1. The van der Waals surface area contributed by atoms with Gasteiger partial charge in [-0.05, 0) is 40.3 Å². The Labute approximate surface area is 108 Å². The molecule has 0 aliphatic rings. The van der Waals surface area contributed by atoms with E-state index in [2.05, 4.69) is 60.9 Å². The molecule has 14 heavy (non-hydrogen) atoms. The first-order valence-corrected chi connectivity index (χ1v) is 6.65. The van der Waals surface area contributed by atoms with Crippen LogP contribution in [0.2, 0.25) is 0 Å². The van der Waals surface area contributed by atoms with E-state index >= 15 is 0 Å². The van der Waals surface area contributed by atoms with Crippen LogP contribution in [0.4, 0.5) is 0 Å². The van der Waals surface area contributed by atoms with Crippen molar-refractivity contribution in [3.05, 3.63) is 42.3 Å². The molecule has 0 unspecified atom stereocenters. The zero-order valence-corrected chi connectivity index (χ0v) is 11.6. The van der Waals surface area contributed by atoms with Gasteiger partial charge in [-0.25, -0.2) is 0 Å². The standard InChI is InChI=1S/C9H6BrIN2S/c10-7-3-1-6(2-4-7)5-8-12-13-9(11)14-8/h1-4H,5H2. The molecule has 0 fully saturated rings. The summed E-state index contributed by atoms with van der Waals surface area (Å²) in [5.41, 5.74) is 1.26. The van der Waals surface area contributed by atoms with Gasteiger partial charge in [-0.15, -0.1) is 10.2 Å². The maximum atomic E-state index is 4.08. The molecule has 0 radical (unpaired) electrons. The first kappa shape index (κ1) is 10.5. The van der Waals surface area contributed by atoms with E-state index in [4.69, 9.17) is 0 Å². The van der Waals surface area contributed by atoms with Gasteiger partial charge in [0.1, 0.15) is 5.01 Å². The highest BCUT2D eigenvalue weighted by Gasteiger charge is 2.02. The maximum absolute atomic E-state index is 4.08. The van der Waals surface area contributed by atoms with Crippen LogP contribution in [0, 0.1) is 3.01 Å². The summed E-state index contributed by atoms with van der Waals surface area (Å²) in [4.78, 5) is 0. The first-order chi connectivity index (χ1) is 6.74. The minimum atomic E-state index is 0.869. The molecular weight excluding hydrogens is 375 g/mol. The van der Waals surface area contributed by atoms with E-state index in [1.54, 1.807) is 11.3 Å². The van der Waals surface area contributed by atoms with Gasteiger partial charge in [0.2, 0.25) is 0 Å². The fourth-order valence-electron chi connectivity index (χ4n) is 1.08. The molecule has 72 valence electrons. The molecule has 0 N–H and O–H groups in total. The Morgan fingerprint density at radius 1 is 1.21 bits per heavy atom. The van der Waals surface area contributed by atoms with Crippen molar-refractivity contribution in [1.82, 2.24) is 10.2 Å². The van der Waals surface area contributed by atoms with Crippen LogP contribution in [0.5, 0.6) is 0 Å². The summed E-state index contributed by atoms with van der Waals surface area (Å²) in [5, 5.41) is 9.13. The van der Waals surface area contributed by atoms with Crippen LogP contribution in [0.1, 0.15) is 10.6 Å². The van der Waals surface area contributed by atoms with Crippen molar-refractivity contribution in [3.63, 3.8) is 0 Å². The largest absolute Gasteiger partial charge is 0.178 e. The quantitative estimate of drug-likeness (QED) is 0.745. The van der Waals surface area contributed by atoms with E-state index in [9.17, 15) is 0 Å². The number of nitrogens with zero attached hydrogens (tertiary/aromatic N) is 2. The summed E-state index contributed by atoms with van der Waals surface area (Å²) in [5.74, 6) is 0. The predicted octanol–water partition coefficient (Wildman–Crippen LogP) is 3.50. The lowest BCUT2D eigenvalue weighted by Gasteiger charge is -1.96. The molecule has 2 rings (SSSR count). The third-order valence-electron chi connectivity index (χ3n) is 1.71. The van der Waals surface area contributed by atoms with E-state index in [0.29, 0.717) is 0 Å². The molecule has 0 saturated carbocycles. The van der Waals surface area contributed by atoms with Gasteiger partial charge in [0.25, 0.3) is 0 Å². The lowest BCUT2D eigenvalue weighted by atomic mass is 10.2. The minimum Gasteiger partial charge on any atom is -0.142 e. The van der Waals surface area contributed by atoms with Gasteiger partial charge in [0.15, 0.2) is 3.01 Å². The monoisotopic (exact) mass is 380 g/mol. The van der Waals surface area contributed by atoms with E-state index in [1.807, 2.05) is 12.1 Å². The Kier molecular flexibility index (Phi) is 3.51.